The molecule has 3 atom stereocenters. The molecule has 0 bridgehead atoms. The number of benzene rings is 1. The van der Waals surface area contributed by atoms with Crippen molar-refractivity contribution in [2.75, 3.05) is 26.4 Å². The van der Waals surface area contributed by atoms with Gasteiger partial charge in [-0.25, -0.2) is 4.39 Å². The fraction of sp³-hybridized carbons (Fsp3) is 0.625. The number of ether oxygens (including phenoxy) is 2. The molecular weight excluding hydrogens is 273 g/mol. The van der Waals surface area contributed by atoms with Gasteiger partial charge >= 0.3 is 0 Å². The predicted molar refractivity (Wildman–Crippen MR) is 78.6 cm³/mol. The molecule has 1 fully saturated rings. The van der Waals surface area contributed by atoms with E-state index >= 15 is 0 Å². The first-order valence-electron chi connectivity index (χ1n) is 7.51. The number of nitrogens with one attached hydrogen (secondary N) is 1. The summed E-state index contributed by atoms with van der Waals surface area (Å²) in [4.78, 5) is 0. The second-order valence-electron chi connectivity index (χ2n) is 5.51. The molecule has 1 aromatic rings. The number of aliphatic hydroxyl groups is 1. The van der Waals surface area contributed by atoms with Crippen LogP contribution in [0.25, 0.3) is 0 Å². The fourth-order valence-corrected chi connectivity index (χ4v) is 2.35. The lowest BCUT2D eigenvalue weighted by molar-refractivity contribution is -0.0168. The van der Waals surface area contributed by atoms with E-state index in [1.807, 2.05) is 6.92 Å². The number of aliphatic hydroxyl groups excluding tert-OH is 1. The Morgan fingerprint density at radius 3 is 2.86 bits per heavy atom. The minimum Gasteiger partial charge on any atom is -0.389 e. The van der Waals surface area contributed by atoms with E-state index in [9.17, 15) is 9.50 Å². The van der Waals surface area contributed by atoms with Gasteiger partial charge in [0.05, 0.1) is 25.4 Å². The molecule has 0 radical (unpaired) electrons. The topological polar surface area (TPSA) is 50.7 Å². The van der Waals surface area contributed by atoms with E-state index in [2.05, 4.69) is 5.32 Å². The lowest BCUT2D eigenvalue weighted by atomic mass is 10.1. The third kappa shape index (κ3) is 5.71. The summed E-state index contributed by atoms with van der Waals surface area (Å²) in [5.41, 5.74) is 0.990. The van der Waals surface area contributed by atoms with Crippen LogP contribution in [0.1, 0.15) is 31.4 Å². The molecule has 0 aromatic heterocycles. The van der Waals surface area contributed by atoms with Crippen molar-refractivity contribution in [1.82, 2.24) is 5.32 Å². The van der Waals surface area contributed by atoms with E-state index in [4.69, 9.17) is 9.47 Å². The predicted octanol–water partition coefficient (Wildman–Crippen LogP) is 2.03. The third-order valence-corrected chi connectivity index (χ3v) is 3.67. The first-order valence-corrected chi connectivity index (χ1v) is 7.51. The van der Waals surface area contributed by atoms with Crippen molar-refractivity contribution in [1.29, 1.82) is 0 Å². The van der Waals surface area contributed by atoms with Gasteiger partial charge in [-0.15, -0.1) is 0 Å². The number of hydrogen-bond acceptors (Lipinski definition) is 4. The van der Waals surface area contributed by atoms with Crippen LogP contribution in [-0.2, 0) is 9.47 Å². The summed E-state index contributed by atoms with van der Waals surface area (Å²) in [6.07, 6.45) is 1.75. The molecule has 0 spiro atoms. The van der Waals surface area contributed by atoms with Crippen LogP contribution in [0.3, 0.4) is 0 Å². The zero-order chi connectivity index (χ0) is 15.1. The SMILES string of the molecule is C[C@H](NCC(O)COCC1CCCO1)c1ccc(F)cc1. The third-order valence-electron chi connectivity index (χ3n) is 3.67. The van der Waals surface area contributed by atoms with Crippen molar-refractivity contribution in [3.8, 4) is 0 Å². The van der Waals surface area contributed by atoms with Crippen molar-refractivity contribution in [3.63, 3.8) is 0 Å². The monoisotopic (exact) mass is 297 g/mol. The maximum absolute atomic E-state index is 12.8. The average molecular weight is 297 g/mol. The molecule has 1 aliphatic rings. The summed E-state index contributed by atoms with van der Waals surface area (Å²) in [7, 11) is 0. The van der Waals surface area contributed by atoms with Gasteiger partial charge in [0.1, 0.15) is 5.82 Å². The lowest BCUT2D eigenvalue weighted by Gasteiger charge is -2.18. The van der Waals surface area contributed by atoms with Crippen molar-refractivity contribution in [2.24, 2.45) is 0 Å². The fourth-order valence-electron chi connectivity index (χ4n) is 2.35. The van der Waals surface area contributed by atoms with Crippen LogP contribution in [0.15, 0.2) is 24.3 Å². The number of rotatable bonds is 8. The van der Waals surface area contributed by atoms with E-state index in [-0.39, 0.29) is 18.0 Å². The van der Waals surface area contributed by atoms with Gasteiger partial charge in [-0.1, -0.05) is 12.1 Å². The molecule has 2 rings (SSSR count). The molecular formula is C16H24FNO3. The Morgan fingerprint density at radius 2 is 2.19 bits per heavy atom. The normalized spacial score (nSPS) is 21.4. The van der Waals surface area contributed by atoms with E-state index in [1.165, 1.54) is 12.1 Å². The van der Waals surface area contributed by atoms with Gasteiger partial charge in [-0.3, -0.25) is 0 Å². The molecule has 1 aliphatic heterocycles. The van der Waals surface area contributed by atoms with Gasteiger partial charge in [-0.05, 0) is 37.5 Å². The smallest absolute Gasteiger partial charge is 0.123 e. The summed E-state index contributed by atoms with van der Waals surface area (Å²) in [5, 5.41) is 13.1. The minimum atomic E-state index is -0.561. The highest BCUT2D eigenvalue weighted by molar-refractivity contribution is 5.19. The highest BCUT2D eigenvalue weighted by Gasteiger charge is 2.16. The zero-order valence-electron chi connectivity index (χ0n) is 12.4. The molecule has 4 nitrogen and oxygen atoms in total. The Hall–Kier alpha value is -1.01. The quantitative estimate of drug-likeness (QED) is 0.771. The van der Waals surface area contributed by atoms with Crippen molar-refractivity contribution >= 4 is 0 Å². The number of halogens is 1. The van der Waals surface area contributed by atoms with Crippen LogP contribution >= 0.6 is 0 Å². The van der Waals surface area contributed by atoms with E-state index in [0.29, 0.717) is 19.8 Å². The Morgan fingerprint density at radius 1 is 1.43 bits per heavy atom. The Labute approximate surface area is 125 Å². The molecule has 1 aromatic carbocycles. The van der Waals surface area contributed by atoms with Crippen molar-refractivity contribution in [3.05, 3.63) is 35.6 Å². The van der Waals surface area contributed by atoms with Crippen LogP contribution in [0.4, 0.5) is 4.39 Å². The Kier molecular flexibility index (Phi) is 6.57. The van der Waals surface area contributed by atoms with Crippen molar-refractivity contribution in [2.45, 2.75) is 38.0 Å². The summed E-state index contributed by atoms with van der Waals surface area (Å²) >= 11 is 0. The van der Waals surface area contributed by atoms with E-state index in [0.717, 1.165) is 25.0 Å². The van der Waals surface area contributed by atoms with Gasteiger partial charge in [-0.2, -0.15) is 0 Å². The summed E-state index contributed by atoms with van der Waals surface area (Å²) < 4.78 is 23.8. The largest absolute Gasteiger partial charge is 0.389 e. The van der Waals surface area contributed by atoms with Gasteiger partial charge in [0, 0.05) is 19.2 Å². The minimum absolute atomic E-state index is 0.0541. The maximum atomic E-state index is 12.8. The first kappa shape index (κ1) is 16.4. The van der Waals surface area contributed by atoms with Crippen LogP contribution in [0.5, 0.6) is 0 Å². The van der Waals surface area contributed by atoms with Gasteiger partial charge in [0.15, 0.2) is 0 Å². The molecule has 118 valence electrons. The molecule has 2 N–H and O–H groups in total. The maximum Gasteiger partial charge on any atom is 0.123 e. The molecule has 0 amide bonds. The van der Waals surface area contributed by atoms with Gasteiger partial charge < -0.3 is 19.9 Å². The standard InChI is InChI=1S/C16H24FNO3/c1-12(13-4-6-14(17)7-5-13)18-9-15(19)10-20-11-16-3-2-8-21-16/h4-7,12,15-16,18-19H,2-3,8-11H2,1H3/t12-,15?,16?/m0/s1. The molecule has 0 saturated carbocycles. The average Bonchev–Trinajstić information content (AvgIpc) is 2.99. The van der Waals surface area contributed by atoms with Crippen LogP contribution in [0.2, 0.25) is 0 Å². The van der Waals surface area contributed by atoms with Crippen LogP contribution in [-0.4, -0.2) is 43.7 Å². The molecule has 2 unspecified atom stereocenters. The summed E-state index contributed by atoms with van der Waals surface area (Å²) in [6, 6.07) is 6.42. The second-order valence-corrected chi connectivity index (χ2v) is 5.51. The second kappa shape index (κ2) is 8.44. The Bertz CT molecular complexity index is 406. The van der Waals surface area contributed by atoms with E-state index in [1.54, 1.807) is 12.1 Å². The van der Waals surface area contributed by atoms with Crippen LogP contribution < -0.4 is 5.32 Å². The van der Waals surface area contributed by atoms with E-state index < -0.39 is 6.10 Å². The highest BCUT2D eigenvalue weighted by Crippen LogP contribution is 2.13. The summed E-state index contributed by atoms with van der Waals surface area (Å²) in [5.74, 6) is -0.242. The number of hydrogen-bond donors (Lipinski definition) is 2. The van der Waals surface area contributed by atoms with Crippen molar-refractivity contribution < 1.29 is 19.0 Å². The summed E-state index contributed by atoms with van der Waals surface area (Å²) in [6.45, 7) is 4.07. The van der Waals surface area contributed by atoms with Crippen LogP contribution in [0, 0.1) is 5.82 Å². The first-order chi connectivity index (χ1) is 10.1. The molecule has 1 saturated heterocycles. The molecule has 21 heavy (non-hydrogen) atoms. The Balaban J connectivity index is 1.61. The van der Waals surface area contributed by atoms with Gasteiger partial charge in [0.25, 0.3) is 0 Å². The highest BCUT2D eigenvalue weighted by atomic mass is 19.1. The molecule has 5 heteroatoms. The zero-order valence-corrected chi connectivity index (χ0v) is 12.4. The molecule has 1 heterocycles. The molecule has 0 aliphatic carbocycles. The lowest BCUT2D eigenvalue weighted by Crippen LogP contribution is -2.33. The van der Waals surface area contributed by atoms with Gasteiger partial charge in [0.2, 0.25) is 0 Å².